The molecule has 8 nitrogen and oxygen atoms in total. The Morgan fingerprint density at radius 1 is 1.00 bits per heavy atom. The van der Waals surface area contributed by atoms with E-state index in [0.717, 1.165) is 12.1 Å². The molecule has 1 N–H and O–H groups in total. The van der Waals surface area contributed by atoms with Gasteiger partial charge in [-0.15, -0.1) is 9.89 Å². The molecule has 34 heavy (non-hydrogen) atoms. The molecule has 1 amide bonds. The van der Waals surface area contributed by atoms with E-state index < -0.39 is 44.4 Å². The van der Waals surface area contributed by atoms with E-state index in [1.54, 1.807) is 0 Å². The molecule has 0 aliphatic carbocycles. The minimum atomic E-state index is -4.27. The van der Waals surface area contributed by atoms with Crippen molar-refractivity contribution in [2.75, 3.05) is 5.43 Å². The molecule has 0 radical (unpaired) electrons. The van der Waals surface area contributed by atoms with Crippen molar-refractivity contribution in [1.82, 2.24) is 9.89 Å². The van der Waals surface area contributed by atoms with E-state index in [1.165, 1.54) is 48.5 Å². The van der Waals surface area contributed by atoms with Crippen molar-refractivity contribution in [3.05, 3.63) is 99.8 Å². The van der Waals surface area contributed by atoms with Crippen LogP contribution in [0.5, 0.6) is 0 Å². The maximum absolute atomic E-state index is 13.4. The van der Waals surface area contributed by atoms with Gasteiger partial charge in [0.2, 0.25) is 15.7 Å². The van der Waals surface area contributed by atoms with E-state index in [9.17, 15) is 26.8 Å². The van der Waals surface area contributed by atoms with Gasteiger partial charge in [0.05, 0.1) is 28.3 Å². The number of benzene rings is 3. The second kappa shape index (κ2) is 8.84. The fraction of sp³-hybridized carbons (Fsp3) is 0.0435. The number of rotatable bonds is 5. The molecular weight excluding hydrogens is 466 g/mol. The minimum absolute atomic E-state index is 0.00858. The Kier molecular flexibility index (Phi) is 5.91. The highest BCUT2D eigenvalue weighted by molar-refractivity contribution is 7.91. The van der Waals surface area contributed by atoms with Crippen molar-refractivity contribution in [2.45, 2.75) is 16.3 Å². The number of fused-ring (bicyclic) bond motifs is 1. The van der Waals surface area contributed by atoms with Gasteiger partial charge >= 0.3 is 0 Å². The summed E-state index contributed by atoms with van der Waals surface area (Å²) in [4.78, 5) is 25.6. The molecule has 1 heterocycles. The fourth-order valence-electron chi connectivity index (χ4n) is 3.31. The van der Waals surface area contributed by atoms with Crippen LogP contribution in [0.25, 0.3) is 10.8 Å². The Bertz CT molecular complexity index is 1620. The number of aromatic nitrogens is 2. The highest BCUT2D eigenvalue weighted by Gasteiger charge is 2.25. The van der Waals surface area contributed by atoms with E-state index in [-0.39, 0.29) is 26.8 Å². The summed E-state index contributed by atoms with van der Waals surface area (Å²) in [5, 5.41) is 12.3. The smallest absolute Gasteiger partial charge is 0.273 e. The van der Waals surface area contributed by atoms with Gasteiger partial charge in [0, 0.05) is 11.5 Å². The third-order valence-electron chi connectivity index (χ3n) is 4.84. The van der Waals surface area contributed by atoms with Crippen LogP contribution in [0.3, 0.4) is 0 Å². The summed E-state index contributed by atoms with van der Waals surface area (Å²) in [7, 11) is -4.27. The molecule has 4 aromatic rings. The molecule has 0 spiro atoms. The highest BCUT2D eigenvalue weighted by Crippen LogP contribution is 2.25. The van der Waals surface area contributed by atoms with E-state index in [0.29, 0.717) is 10.9 Å². The van der Waals surface area contributed by atoms with Crippen molar-refractivity contribution >= 4 is 26.5 Å². The number of hydrogen-bond donors (Lipinski definition) is 1. The average molecular weight is 480 g/mol. The number of nitriles is 1. The zero-order valence-corrected chi connectivity index (χ0v) is 18.0. The summed E-state index contributed by atoms with van der Waals surface area (Å²) in [5.41, 5.74) is 1.64. The SMILES string of the molecule is N#Cc1ccc(S(=O)(=O)c2nn(NC(=O)Cc3cc(F)cc(F)c3)c(=O)c3ccccc23)cc1. The fourth-order valence-corrected chi connectivity index (χ4v) is 4.69. The van der Waals surface area contributed by atoms with Crippen LogP contribution in [0.15, 0.2) is 81.4 Å². The first-order chi connectivity index (χ1) is 16.2. The number of carbonyl (C=O) groups excluding carboxylic acids is 1. The zero-order valence-electron chi connectivity index (χ0n) is 17.2. The lowest BCUT2D eigenvalue weighted by Crippen LogP contribution is -2.37. The standard InChI is InChI=1S/C23H14F2N4O4S/c24-16-9-15(10-17(25)12-16)11-21(30)27-29-23(31)20-4-2-1-3-19(20)22(28-29)34(32,33)18-7-5-14(13-26)6-8-18/h1-10,12H,11H2,(H,27,30). The summed E-state index contributed by atoms with van der Waals surface area (Å²) in [5.74, 6) is -2.60. The maximum atomic E-state index is 13.4. The lowest BCUT2D eigenvalue weighted by atomic mass is 10.1. The number of amides is 1. The van der Waals surface area contributed by atoms with E-state index in [2.05, 4.69) is 10.5 Å². The Labute approximate surface area is 191 Å². The molecule has 11 heteroatoms. The van der Waals surface area contributed by atoms with Gasteiger partial charge in [0.1, 0.15) is 11.6 Å². The van der Waals surface area contributed by atoms with Gasteiger partial charge in [-0.3, -0.25) is 9.59 Å². The molecule has 170 valence electrons. The van der Waals surface area contributed by atoms with E-state index >= 15 is 0 Å². The third kappa shape index (κ3) is 4.39. The van der Waals surface area contributed by atoms with Gasteiger partial charge in [-0.25, -0.2) is 22.6 Å². The summed E-state index contributed by atoms with van der Waals surface area (Å²) >= 11 is 0. The molecule has 4 rings (SSSR count). The second-order valence-corrected chi connectivity index (χ2v) is 9.06. The molecule has 0 atom stereocenters. The number of carbonyl (C=O) groups is 1. The van der Waals surface area contributed by atoms with Crippen molar-refractivity contribution in [2.24, 2.45) is 0 Å². The summed E-state index contributed by atoms with van der Waals surface area (Å²) in [6.45, 7) is 0. The predicted octanol–water partition coefficient (Wildman–Crippen LogP) is 2.69. The van der Waals surface area contributed by atoms with Gasteiger partial charge in [-0.05, 0) is 48.0 Å². The molecule has 0 saturated heterocycles. The first kappa shape index (κ1) is 22.8. The first-order valence-corrected chi connectivity index (χ1v) is 11.2. The van der Waals surface area contributed by atoms with Gasteiger partial charge in [0.15, 0.2) is 5.03 Å². The lowest BCUT2D eigenvalue weighted by Gasteiger charge is -2.12. The van der Waals surface area contributed by atoms with E-state index in [4.69, 9.17) is 5.26 Å². The van der Waals surface area contributed by atoms with Crippen molar-refractivity contribution in [3.63, 3.8) is 0 Å². The largest absolute Gasteiger partial charge is 0.294 e. The van der Waals surface area contributed by atoms with Gasteiger partial charge in [-0.1, -0.05) is 18.2 Å². The Morgan fingerprint density at radius 2 is 1.62 bits per heavy atom. The minimum Gasteiger partial charge on any atom is -0.273 e. The molecule has 0 aliphatic heterocycles. The second-order valence-electron chi connectivity index (χ2n) is 7.20. The number of sulfone groups is 1. The molecule has 0 aliphatic rings. The predicted molar refractivity (Wildman–Crippen MR) is 117 cm³/mol. The number of nitrogens with zero attached hydrogens (tertiary/aromatic N) is 3. The van der Waals surface area contributed by atoms with Gasteiger partial charge < -0.3 is 0 Å². The Morgan fingerprint density at radius 3 is 2.24 bits per heavy atom. The van der Waals surface area contributed by atoms with Crippen LogP contribution in [-0.4, -0.2) is 24.2 Å². The van der Waals surface area contributed by atoms with Crippen LogP contribution in [-0.2, 0) is 21.1 Å². The highest BCUT2D eigenvalue weighted by atomic mass is 32.2. The van der Waals surface area contributed by atoms with Crippen molar-refractivity contribution < 1.29 is 22.0 Å². The summed E-state index contributed by atoms with van der Waals surface area (Å²) in [6, 6.07) is 15.4. The molecule has 0 unspecified atom stereocenters. The van der Waals surface area contributed by atoms with Crippen molar-refractivity contribution in [1.29, 1.82) is 5.26 Å². The van der Waals surface area contributed by atoms with Crippen molar-refractivity contribution in [3.8, 4) is 6.07 Å². The number of hydrogen-bond acceptors (Lipinski definition) is 6. The molecular formula is C23H14F2N4O4S. The quantitative estimate of drug-likeness (QED) is 0.469. The zero-order chi connectivity index (χ0) is 24.5. The summed E-state index contributed by atoms with van der Waals surface area (Å²) in [6.07, 6.45) is -0.493. The topological polar surface area (TPSA) is 122 Å². The van der Waals surface area contributed by atoms with Crippen LogP contribution >= 0.6 is 0 Å². The van der Waals surface area contributed by atoms with Crippen LogP contribution in [0.4, 0.5) is 8.78 Å². The normalized spacial score (nSPS) is 11.2. The van der Waals surface area contributed by atoms with Crippen LogP contribution in [0.2, 0.25) is 0 Å². The molecule has 1 aromatic heterocycles. The van der Waals surface area contributed by atoms with Crippen LogP contribution < -0.4 is 11.0 Å². The molecule has 0 saturated carbocycles. The number of nitrogens with one attached hydrogen (secondary N) is 1. The summed E-state index contributed by atoms with van der Waals surface area (Å²) < 4.78 is 53.4. The molecule has 0 fully saturated rings. The van der Waals surface area contributed by atoms with Gasteiger partial charge in [0.25, 0.3) is 5.56 Å². The Hall–Kier alpha value is -4.43. The first-order valence-electron chi connectivity index (χ1n) is 9.71. The number of halogens is 2. The Balaban J connectivity index is 1.78. The monoisotopic (exact) mass is 480 g/mol. The third-order valence-corrected chi connectivity index (χ3v) is 6.54. The van der Waals surface area contributed by atoms with Crippen LogP contribution in [0.1, 0.15) is 11.1 Å². The van der Waals surface area contributed by atoms with E-state index in [1.807, 2.05) is 6.07 Å². The average Bonchev–Trinajstić information content (AvgIpc) is 2.80. The molecule has 0 bridgehead atoms. The lowest BCUT2D eigenvalue weighted by molar-refractivity contribution is -0.116. The molecule has 3 aromatic carbocycles. The maximum Gasteiger partial charge on any atom is 0.294 e. The van der Waals surface area contributed by atoms with Crippen LogP contribution in [0, 0.1) is 23.0 Å². The van der Waals surface area contributed by atoms with Gasteiger partial charge in [-0.2, -0.15) is 5.26 Å².